The molecule has 1 rings (SSSR count). The molecule has 0 saturated carbocycles. The lowest BCUT2D eigenvalue weighted by molar-refractivity contribution is -0.499. The molecule has 1 heterocycles. The lowest BCUT2D eigenvalue weighted by Gasteiger charge is -2.20. The zero-order chi connectivity index (χ0) is 7.40. The molecule has 1 N–H and O–H groups in total. The van der Waals surface area contributed by atoms with Crippen LogP contribution in [0.1, 0.15) is 0 Å². The second kappa shape index (κ2) is 3.68. The van der Waals surface area contributed by atoms with Crippen molar-refractivity contribution in [2.24, 2.45) is 0 Å². The third kappa shape index (κ3) is 2.08. The van der Waals surface area contributed by atoms with E-state index in [2.05, 4.69) is 22.7 Å². The van der Waals surface area contributed by atoms with Crippen molar-refractivity contribution in [3.05, 3.63) is 0 Å². The lowest BCUT2D eigenvalue weighted by Crippen LogP contribution is -2.39. The molecule has 0 unspecified atom stereocenters. The van der Waals surface area contributed by atoms with Gasteiger partial charge in [-0.1, -0.05) is 0 Å². The first-order valence-corrected chi connectivity index (χ1v) is 3.69. The molecule has 1 aliphatic heterocycles. The third-order valence-electron chi connectivity index (χ3n) is 1.84. The van der Waals surface area contributed by atoms with Crippen molar-refractivity contribution >= 4 is 6.21 Å². The summed E-state index contributed by atoms with van der Waals surface area (Å²) in [6.45, 7) is 4.23. The maximum Gasteiger partial charge on any atom is 0.154 e. The number of nitrogens with zero attached hydrogens (tertiary/aromatic N) is 2. The largest absolute Gasteiger partial charge is 0.395 e. The molecule has 58 valence electrons. The molecule has 0 amide bonds. The maximum atomic E-state index is 8.62. The SMILES string of the molecule is C[N+]1=CCN(CCO)CC1. The quantitative estimate of drug-likeness (QED) is 0.502. The van der Waals surface area contributed by atoms with Gasteiger partial charge in [-0.25, -0.2) is 4.58 Å². The number of rotatable bonds is 2. The van der Waals surface area contributed by atoms with Crippen LogP contribution in [0.15, 0.2) is 0 Å². The van der Waals surface area contributed by atoms with Gasteiger partial charge in [-0.05, 0) is 0 Å². The average Bonchev–Trinajstić information content (AvgIpc) is 1.95. The highest BCUT2D eigenvalue weighted by molar-refractivity contribution is 5.54. The van der Waals surface area contributed by atoms with Gasteiger partial charge in [0.25, 0.3) is 0 Å². The highest BCUT2D eigenvalue weighted by Gasteiger charge is 2.11. The number of hydrogen-bond donors (Lipinski definition) is 1. The normalized spacial score (nSPS) is 20.8. The number of hydrogen-bond acceptors (Lipinski definition) is 2. The third-order valence-corrected chi connectivity index (χ3v) is 1.84. The highest BCUT2D eigenvalue weighted by Crippen LogP contribution is 1.89. The smallest absolute Gasteiger partial charge is 0.154 e. The van der Waals surface area contributed by atoms with Crippen LogP contribution in [0.3, 0.4) is 0 Å². The van der Waals surface area contributed by atoms with Gasteiger partial charge in [0.15, 0.2) is 12.8 Å². The Hall–Kier alpha value is -0.410. The highest BCUT2D eigenvalue weighted by atomic mass is 16.3. The summed E-state index contributed by atoms with van der Waals surface area (Å²) in [7, 11) is 2.08. The minimum absolute atomic E-state index is 0.275. The van der Waals surface area contributed by atoms with Gasteiger partial charge in [-0.3, -0.25) is 4.90 Å². The first-order valence-electron chi connectivity index (χ1n) is 3.69. The summed E-state index contributed by atoms with van der Waals surface area (Å²) < 4.78 is 2.19. The molecule has 10 heavy (non-hydrogen) atoms. The second-order valence-electron chi connectivity index (χ2n) is 2.69. The minimum Gasteiger partial charge on any atom is -0.395 e. The van der Waals surface area contributed by atoms with Gasteiger partial charge in [-0.15, -0.1) is 0 Å². The van der Waals surface area contributed by atoms with Crippen molar-refractivity contribution in [1.29, 1.82) is 0 Å². The van der Waals surface area contributed by atoms with Gasteiger partial charge in [0, 0.05) is 6.54 Å². The van der Waals surface area contributed by atoms with Crippen LogP contribution in [-0.4, -0.2) is 60.6 Å². The van der Waals surface area contributed by atoms with Crippen LogP contribution in [0.2, 0.25) is 0 Å². The summed E-state index contributed by atoms with van der Waals surface area (Å²) in [5.74, 6) is 0. The van der Waals surface area contributed by atoms with E-state index < -0.39 is 0 Å². The molecule has 0 saturated heterocycles. The summed E-state index contributed by atoms with van der Waals surface area (Å²) in [5, 5.41) is 8.62. The van der Waals surface area contributed by atoms with Crippen LogP contribution in [-0.2, 0) is 0 Å². The number of aliphatic hydroxyl groups excluding tert-OH is 1. The molecule has 0 radical (unpaired) electrons. The fourth-order valence-corrected chi connectivity index (χ4v) is 1.08. The summed E-state index contributed by atoms with van der Waals surface area (Å²) in [4.78, 5) is 2.24. The van der Waals surface area contributed by atoms with Crippen LogP contribution < -0.4 is 0 Å². The van der Waals surface area contributed by atoms with E-state index in [0.29, 0.717) is 0 Å². The van der Waals surface area contributed by atoms with E-state index in [-0.39, 0.29) is 6.61 Å². The molecule has 0 spiro atoms. The van der Waals surface area contributed by atoms with Crippen LogP contribution >= 0.6 is 0 Å². The van der Waals surface area contributed by atoms with Gasteiger partial charge >= 0.3 is 0 Å². The fraction of sp³-hybridized carbons (Fsp3) is 0.857. The van der Waals surface area contributed by atoms with Crippen LogP contribution in [0.25, 0.3) is 0 Å². The molecule has 0 bridgehead atoms. The van der Waals surface area contributed by atoms with Gasteiger partial charge in [-0.2, -0.15) is 0 Å². The topological polar surface area (TPSA) is 26.5 Å². The Bertz CT molecular complexity index is 134. The van der Waals surface area contributed by atoms with E-state index in [0.717, 1.165) is 26.2 Å². The second-order valence-corrected chi connectivity index (χ2v) is 2.69. The number of likely N-dealkylation sites (N-methyl/N-ethyl adjacent to an activating group) is 1. The van der Waals surface area contributed by atoms with Crippen molar-refractivity contribution in [1.82, 2.24) is 4.90 Å². The van der Waals surface area contributed by atoms with E-state index in [4.69, 9.17) is 5.11 Å². The van der Waals surface area contributed by atoms with Crippen molar-refractivity contribution < 1.29 is 9.68 Å². The van der Waals surface area contributed by atoms with Crippen molar-refractivity contribution in [2.45, 2.75) is 0 Å². The molecule has 0 aromatic heterocycles. The summed E-state index contributed by atoms with van der Waals surface area (Å²) in [6, 6.07) is 0. The molecular formula is C7H15N2O+. The van der Waals surface area contributed by atoms with Crippen LogP contribution in [0, 0.1) is 0 Å². The average molecular weight is 143 g/mol. The van der Waals surface area contributed by atoms with E-state index in [1.807, 2.05) is 0 Å². The summed E-state index contributed by atoms with van der Waals surface area (Å²) in [6.07, 6.45) is 2.15. The lowest BCUT2D eigenvalue weighted by atomic mass is 10.4. The first kappa shape index (κ1) is 7.69. The van der Waals surface area contributed by atoms with Gasteiger partial charge in [0.1, 0.15) is 7.05 Å². The fourth-order valence-electron chi connectivity index (χ4n) is 1.08. The van der Waals surface area contributed by atoms with Crippen molar-refractivity contribution in [3.63, 3.8) is 0 Å². The Kier molecular flexibility index (Phi) is 2.83. The minimum atomic E-state index is 0.275. The molecule has 0 aromatic rings. The summed E-state index contributed by atoms with van der Waals surface area (Å²) >= 11 is 0. The predicted octanol–water partition coefficient (Wildman–Crippen LogP) is -0.993. The first-order chi connectivity index (χ1) is 4.83. The monoisotopic (exact) mass is 143 g/mol. The standard InChI is InChI=1S/C7H15N2O/c1-8-2-4-9(5-3-8)6-7-10/h2,10H,3-7H2,1H3/q+1. The Morgan fingerprint density at radius 1 is 1.70 bits per heavy atom. The molecular weight excluding hydrogens is 128 g/mol. The Morgan fingerprint density at radius 3 is 3.00 bits per heavy atom. The summed E-state index contributed by atoms with van der Waals surface area (Å²) in [5.41, 5.74) is 0. The van der Waals surface area contributed by atoms with Gasteiger partial charge in [0.2, 0.25) is 0 Å². The van der Waals surface area contributed by atoms with E-state index in [9.17, 15) is 0 Å². The molecule has 0 aromatic carbocycles. The van der Waals surface area contributed by atoms with E-state index in [1.165, 1.54) is 0 Å². The molecule has 3 nitrogen and oxygen atoms in total. The van der Waals surface area contributed by atoms with E-state index >= 15 is 0 Å². The molecule has 3 heteroatoms. The van der Waals surface area contributed by atoms with Crippen LogP contribution in [0.4, 0.5) is 0 Å². The van der Waals surface area contributed by atoms with E-state index in [1.54, 1.807) is 0 Å². The molecule has 0 atom stereocenters. The Balaban J connectivity index is 2.27. The zero-order valence-electron chi connectivity index (χ0n) is 6.45. The molecule has 0 fully saturated rings. The Morgan fingerprint density at radius 2 is 2.50 bits per heavy atom. The predicted molar refractivity (Wildman–Crippen MR) is 40.6 cm³/mol. The number of aliphatic hydroxyl groups is 1. The van der Waals surface area contributed by atoms with Crippen molar-refractivity contribution in [3.8, 4) is 0 Å². The number of β-amino-alcohol motifs (C(OH)–C–C–N with tert-alkyl or cyclic N) is 1. The van der Waals surface area contributed by atoms with Gasteiger partial charge < -0.3 is 5.11 Å². The molecule has 1 aliphatic rings. The molecule has 0 aliphatic carbocycles. The Labute approximate surface area is 61.6 Å². The van der Waals surface area contributed by atoms with Crippen molar-refractivity contribution in [2.75, 3.05) is 39.8 Å². The van der Waals surface area contributed by atoms with Gasteiger partial charge in [0.05, 0.1) is 19.7 Å². The maximum absolute atomic E-state index is 8.62. The zero-order valence-corrected chi connectivity index (χ0v) is 6.45. The van der Waals surface area contributed by atoms with Crippen LogP contribution in [0.5, 0.6) is 0 Å².